The molecule has 1 heterocycles. The Hall–Kier alpha value is -2.25. The van der Waals surface area contributed by atoms with E-state index < -0.39 is 0 Å². The van der Waals surface area contributed by atoms with Gasteiger partial charge in [0.1, 0.15) is 0 Å². The van der Waals surface area contributed by atoms with Crippen LogP contribution in [0.2, 0.25) is 0 Å². The molecule has 1 aromatic heterocycles. The molecule has 4 rings (SSSR count). The Morgan fingerprint density at radius 2 is 1.37 bits per heavy atom. The van der Waals surface area contributed by atoms with Gasteiger partial charge in [-0.15, -0.1) is 11.6 Å². The van der Waals surface area contributed by atoms with Crippen LogP contribution in [0.3, 0.4) is 0 Å². The molecular formula is C25H26ClN. The van der Waals surface area contributed by atoms with Gasteiger partial charge in [-0.2, -0.15) is 0 Å². The van der Waals surface area contributed by atoms with Gasteiger partial charge in [-0.05, 0) is 42.0 Å². The number of fused-ring (bicyclic) bond motifs is 3. The largest absolute Gasteiger partial charge is 0.337 e. The van der Waals surface area contributed by atoms with Gasteiger partial charge in [0, 0.05) is 33.7 Å². The number of benzene rings is 3. The third kappa shape index (κ3) is 3.37. The van der Waals surface area contributed by atoms with Crippen LogP contribution in [-0.4, -0.2) is 4.57 Å². The Morgan fingerprint density at radius 3 is 1.89 bits per heavy atom. The van der Waals surface area contributed by atoms with Crippen molar-refractivity contribution in [1.29, 1.82) is 0 Å². The number of hydrogen-bond donors (Lipinski definition) is 0. The van der Waals surface area contributed by atoms with Crippen LogP contribution < -0.4 is 0 Å². The zero-order valence-electron chi connectivity index (χ0n) is 16.0. The van der Waals surface area contributed by atoms with Gasteiger partial charge in [-0.25, -0.2) is 0 Å². The van der Waals surface area contributed by atoms with Crippen molar-refractivity contribution < 1.29 is 0 Å². The second kappa shape index (κ2) is 7.78. The predicted octanol–water partition coefficient (Wildman–Crippen LogP) is 7.68. The van der Waals surface area contributed by atoms with Crippen molar-refractivity contribution in [2.75, 3.05) is 0 Å². The summed E-state index contributed by atoms with van der Waals surface area (Å²) in [5.41, 5.74) is 5.26. The number of aromatic nitrogens is 1. The van der Waals surface area contributed by atoms with Crippen molar-refractivity contribution in [2.24, 2.45) is 0 Å². The van der Waals surface area contributed by atoms with Gasteiger partial charge >= 0.3 is 0 Å². The second-order valence-electron chi connectivity index (χ2n) is 7.48. The van der Waals surface area contributed by atoms with E-state index in [4.69, 9.17) is 11.6 Å². The quantitative estimate of drug-likeness (QED) is 0.304. The molecule has 1 nitrogen and oxygen atoms in total. The van der Waals surface area contributed by atoms with Crippen molar-refractivity contribution in [3.05, 3.63) is 83.9 Å². The molecule has 0 amide bonds. The van der Waals surface area contributed by atoms with Crippen molar-refractivity contribution in [1.82, 2.24) is 4.57 Å². The van der Waals surface area contributed by atoms with Crippen molar-refractivity contribution in [3.63, 3.8) is 0 Å². The molecule has 0 bridgehead atoms. The van der Waals surface area contributed by atoms with Gasteiger partial charge in [0.2, 0.25) is 0 Å². The molecule has 0 fully saturated rings. The predicted molar refractivity (Wildman–Crippen MR) is 118 cm³/mol. The van der Waals surface area contributed by atoms with Gasteiger partial charge in [-0.1, -0.05) is 74.5 Å². The second-order valence-corrected chi connectivity index (χ2v) is 7.75. The molecule has 0 radical (unpaired) electrons. The smallest absolute Gasteiger partial charge is 0.0493 e. The summed E-state index contributed by atoms with van der Waals surface area (Å²) in [5.74, 6) is 1.08. The van der Waals surface area contributed by atoms with Crippen molar-refractivity contribution in [3.8, 4) is 0 Å². The first-order valence-corrected chi connectivity index (χ1v) is 10.4. The summed E-state index contributed by atoms with van der Waals surface area (Å²) in [4.78, 5) is 0. The molecule has 4 aromatic rings. The summed E-state index contributed by atoms with van der Waals surface area (Å²) in [6, 6.07) is 26.8. The fourth-order valence-corrected chi connectivity index (χ4v) is 4.46. The van der Waals surface area contributed by atoms with E-state index >= 15 is 0 Å². The van der Waals surface area contributed by atoms with E-state index in [0.717, 1.165) is 12.8 Å². The lowest BCUT2D eigenvalue weighted by Gasteiger charge is -2.24. The maximum Gasteiger partial charge on any atom is 0.0493 e. The van der Waals surface area contributed by atoms with Crippen LogP contribution in [0.4, 0.5) is 0 Å². The van der Waals surface area contributed by atoms with Gasteiger partial charge in [0.25, 0.3) is 0 Å². The van der Waals surface area contributed by atoms with Crippen LogP contribution in [0.15, 0.2) is 72.8 Å². The molecule has 0 saturated heterocycles. The summed E-state index contributed by atoms with van der Waals surface area (Å²) >= 11 is 5.94. The van der Waals surface area contributed by atoms with Crippen LogP contribution >= 0.6 is 11.6 Å². The highest BCUT2D eigenvalue weighted by Gasteiger charge is 2.19. The molecule has 138 valence electrons. The summed E-state index contributed by atoms with van der Waals surface area (Å²) in [7, 11) is 0. The normalized spacial score (nSPS) is 13.9. The lowest BCUT2D eigenvalue weighted by molar-refractivity contribution is 0.441. The maximum atomic E-state index is 5.94. The molecule has 0 aliphatic rings. The minimum atomic E-state index is 0.470. The Bertz CT molecular complexity index is 992. The van der Waals surface area contributed by atoms with E-state index in [9.17, 15) is 0 Å². The van der Waals surface area contributed by atoms with Crippen LogP contribution in [-0.2, 0) is 5.88 Å². The zero-order chi connectivity index (χ0) is 18.8. The van der Waals surface area contributed by atoms with E-state index in [-0.39, 0.29) is 0 Å². The third-order valence-corrected chi connectivity index (χ3v) is 6.09. The summed E-state index contributed by atoms with van der Waals surface area (Å²) < 4.78 is 2.56. The molecule has 2 unspecified atom stereocenters. The Balaban J connectivity index is 1.73. The van der Waals surface area contributed by atoms with E-state index in [1.54, 1.807) is 0 Å². The van der Waals surface area contributed by atoms with Crippen molar-refractivity contribution >= 4 is 33.4 Å². The van der Waals surface area contributed by atoms with E-state index in [1.165, 1.54) is 32.9 Å². The average molecular weight is 376 g/mol. The summed E-state index contributed by atoms with van der Waals surface area (Å²) in [5, 5.41) is 2.70. The summed E-state index contributed by atoms with van der Waals surface area (Å²) in [6.45, 7) is 4.64. The maximum absolute atomic E-state index is 5.94. The number of halogens is 1. The van der Waals surface area contributed by atoms with Gasteiger partial charge < -0.3 is 4.57 Å². The minimum absolute atomic E-state index is 0.470. The van der Waals surface area contributed by atoms with Crippen molar-refractivity contribution in [2.45, 2.75) is 44.5 Å². The molecule has 3 aromatic carbocycles. The van der Waals surface area contributed by atoms with E-state index in [0.29, 0.717) is 17.8 Å². The standard InChI is InChI=1S/C25H26ClN/c1-3-21(16-18(2)20-14-12-19(17-26)13-15-20)27-24-10-6-4-8-22(24)23-9-5-7-11-25(23)27/h4-15,18,21H,3,16-17H2,1-2H3. The highest BCUT2D eigenvalue weighted by atomic mass is 35.5. The lowest BCUT2D eigenvalue weighted by Crippen LogP contribution is -2.11. The first-order chi connectivity index (χ1) is 13.2. The SMILES string of the molecule is CCC(CC(C)c1ccc(CCl)cc1)n1c2ccccc2c2ccccc21. The average Bonchev–Trinajstić information content (AvgIpc) is 3.06. The Labute approximate surface area is 166 Å². The van der Waals surface area contributed by atoms with E-state index in [2.05, 4.69) is 91.2 Å². The van der Waals surface area contributed by atoms with E-state index in [1.807, 2.05) is 0 Å². The number of alkyl halides is 1. The number of para-hydroxylation sites is 2. The molecule has 2 atom stereocenters. The molecule has 0 spiro atoms. The molecule has 0 aliphatic heterocycles. The highest BCUT2D eigenvalue weighted by molar-refractivity contribution is 6.17. The fraction of sp³-hybridized carbons (Fsp3) is 0.280. The third-order valence-electron chi connectivity index (χ3n) is 5.78. The molecule has 27 heavy (non-hydrogen) atoms. The Morgan fingerprint density at radius 1 is 0.815 bits per heavy atom. The van der Waals surface area contributed by atoms with Gasteiger partial charge in [0.05, 0.1) is 0 Å². The number of rotatable bonds is 6. The molecule has 0 aliphatic carbocycles. The monoisotopic (exact) mass is 375 g/mol. The molecule has 0 saturated carbocycles. The highest BCUT2D eigenvalue weighted by Crippen LogP contribution is 2.36. The number of hydrogen-bond acceptors (Lipinski definition) is 0. The lowest BCUT2D eigenvalue weighted by atomic mass is 9.92. The number of nitrogens with zero attached hydrogens (tertiary/aromatic N) is 1. The first kappa shape index (κ1) is 18.1. The molecule has 0 N–H and O–H groups in total. The van der Waals surface area contributed by atoms with Gasteiger partial charge in [0.15, 0.2) is 0 Å². The molecular weight excluding hydrogens is 350 g/mol. The topological polar surface area (TPSA) is 4.93 Å². The van der Waals surface area contributed by atoms with Crippen LogP contribution in [0.1, 0.15) is 49.8 Å². The first-order valence-electron chi connectivity index (χ1n) is 9.85. The van der Waals surface area contributed by atoms with Crippen LogP contribution in [0.25, 0.3) is 21.8 Å². The minimum Gasteiger partial charge on any atom is -0.337 e. The van der Waals surface area contributed by atoms with Crippen LogP contribution in [0, 0.1) is 0 Å². The summed E-state index contributed by atoms with van der Waals surface area (Å²) in [6.07, 6.45) is 2.24. The van der Waals surface area contributed by atoms with Crippen LogP contribution in [0.5, 0.6) is 0 Å². The Kier molecular flexibility index (Phi) is 5.22. The fourth-order valence-electron chi connectivity index (χ4n) is 4.28. The van der Waals surface area contributed by atoms with Gasteiger partial charge in [-0.3, -0.25) is 0 Å². The zero-order valence-corrected chi connectivity index (χ0v) is 16.8. The molecule has 2 heteroatoms.